The number of rotatable bonds is 6. The minimum Gasteiger partial charge on any atom is -0.353 e. The van der Waals surface area contributed by atoms with Gasteiger partial charge >= 0.3 is 0 Å². The number of carbonyl (C=O) groups excluding carboxylic acids is 3. The molecule has 0 bridgehead atoms. The van der Waals surface area contributed by atoms with Gasteiger partial charge in [-0.1, -0.05) is 60.7 Å². The van der Waals surface area contributed by atoms with Gasteiger partial charge in [-0.3, -0.25) is 14.4 Å². The molecule has 172 valence electrons. The molecule has 6 heteroatoms. The Hall–Kier alpha value is -3.41. The SMILES string of the molecule is CC(c1ccccc1)N1CC(C(=O)NC2CCN(C(=O)/C=C/c3ccccc3)CC2)CC1=O. The Labute approximate surface area is 195 Å². The van der Waals surface area contributed by atoms with Gasteiger partial charge in [0.2, 0.25) is 17.7 Å². The summed E-state index contributed by atoms with van der Waals surface area (Å²) >= 11 is 0. The van der Waals surface area contributed by atoms with Crippen LogP contribution in [0.25, 0.3) is 6.08 Å². The third kappa shape index (κ3) is 5.69. The quantitative estimate of drug-likeness (QED) is 0.693. The van der Waals surface area contributed by atoms with Crippen LogP contribution in [0.3, 0.4) is 0 Å². The average Bonchev–Trinajstić information content (AvgIpc) is 3.25. The normalized spacial score (nSPS) is 20.3. The Morgan fingerprint density at radius 1 is 1.00 bits per heavy atom. The second kappa shape index (κ2) is 10.5. The lowest BCUT2D eigenvalue weighted by Crippen LogP contribution is -2.47. The summed E-state index contributed by atoms with van der Waals surface area (Å²) in [5.41, 5.74) is 2.07. The van der Waals surface area contributed by atoms with E-state index in [1.54, 1.807) is 11.0 Å². The van der Waals surface area contributed by atoms with Crippen LogP contribution in [0.2, 0.25) is 0 Å². The minimum atomic E-state index is -0.322. The Morgan fingerprint density at radius 2 is 1.64 bits per heavy atom. The molecule has 2 aromatic rings. The number of hydrogen-bond acceptors (Lipinski definition) is 3. The van der Waals surface area contributed by atoms with Crippen LogP contribution in [0.1, 0.15) is 43.4 Å². The van der Waals surface area contributed by atoms with E-state index in [0.29, 0.717) is 19.6 Å². The third-order valence-electron chi connectivity index (χ3n) is 6.65. The highest BCUT2D eigenvalue weighted by Crippen LogP contribution is 2.28. The van der Waals surface area contributed by atoms with Gasteiger partial charge in [-0.2, -0.15) is 0 Å². The second-order valence-electron chi connectivity index (χ2n) is 8.89. The smallest absolute Gasteiger partial charge is 0.246 e. The molecule has 0 aromatic heterocycles. The first kappa shape index (κ1) is 22.8. The Bertz CT molecular complexity index is 998. The van der Waals surface area contributed by atoms with Crippen LogP contribution in [0, 0.1) is 5.92 Å². The molecule has 2 heterocycles. The van der Waals surface area contributed by atoms with Gasteiger partial charge in [0, 0.05) is 38.2 Å². The lowest BCUT2D eigenvalue weighted by atomic mass is 10.0. The van der Waals surface area contributed by atoms with Crippen LogP contribution >= 0.6 is 0 Å². The lowest BCUT2D eigenvalue weighted by Gasteiger charge is -2.32. The summed E-state index contributed by atoms with van der Waals surface area (Å²) < 4.78 is 0. The highest BCUT2D eigenvalue weighted by Gasteiger charge is 2.37. The largest absolute Gasteiger partial charge is 0.353 e. The summed E-state index contributed by atoms with van der Waals surface area (Å²) in [6, 6.07) is 19.6. The lowest BCUT2D eigenvalue weighted by molar-refractivity contribution is -0.130. The summed E-state index contributed by atoms with van der Waals surface area (Å²) in [6.45, 7) is 3.68. The standard InChI is InChI=1S/C27H31N3O3/c1-20(22-10-6-3-7-11-22)30-19-23(18-26(30)32)27(33)28-24-14-16-29(17-15-24)25(31)13-12-21-8-4-2-5-9-21/h2-13,20,23-24H,14-19H2,1H3,(H,28,33)/b13-12+. The molecule has 4 rings (SSSR count). The van der Waals surface area contributed by atoms with Crippen LogP contribution in [0.5, 0.6) is 0 Å². The van der Waals surface area contributed by atoms with Crippen molar-refractivity contribution in [2.45, 2.75) is 38.3 Å². The first-order valence-electron chi connectivity index (χ1n) is 11.7. The van der Waals surface area contributed by atoms with Crippen LogP contribution in [-0.4, -0.2) is 53.2 Å². The van der Waals surface area contributed by atoms with Gasteiger partial charge in [0.25, 0.3) is 0 Å². The number of likely N-dealkylation sites (tertiary alicyclic amines) is 2. The molecule has 2 saturated heterocycles. The zero-order valence-electron chi connectivity index (χ0n) is 19.0. The van der Waals surface area contributed by atoms with E-state index in [9.17, 15) is 14.4 Å². The molecule has 3 amide bonds. The van der Waals surface area contributed by atoms with Crippen LogP contribution < -0.4 is 5.32 Å². The molecule has 33 heavy (non-hydrogen) atoms. The monoisotopic (exact) mass is 445 g/mol. The van der Waals surface area contributed by atoms with E-state index in [1.165, 1.54) is 0 Å². The van der Waals surface area contributed by atoms with Crippen molar-refractivity contribution < 1.29 is 14.4 Å². The fourth-order valence-corrected chi connectivity index (χ4v) is 4.59. The molecule has 2 atom stereocenters. The highest BCUT2D eigenvalue weighted by molar-refractivity contribution is 5.92. The van der Waals surface area contributed by atoms with Crippen molar-refractivity contribution in [3.05, 3.63) is 77.9 Å². The van der Waals surface area contributed by atoms with E-state index in [2.05, 4.69) is 5.32 Å². The number of amides is 3. The van der Waals surface area contributed by atoms with Crippen molar-refractivity contribution in [1.29, 1.82) is 0 Å². The van der Waals surface area contributed by atoms with Gasteiger partial charge in [-0.15, -0.1) is 0 Å². The van der Waals surface area contributed by atoms with Gasteiger partial charge in [0.15, 0.2) is 0 Å². The Kier molecular flexibility index (Phi) is 7.23. The van der Waals surface area contributed by atoms with Crippen molar-refractivity contribution >= 4 is 23.8 Å². The number of piperidine rings is 1. The fraction of sp³-hybridized carbons (Fsp3) is 0.370. The molecule has 2 aliphatic heterocycles. The fourth-order valence-electron chi connectivity index (χ4n) is 4.59. The van der Waals surface area contributed by atoms with Crippen molar-refractivity contribution in [1.82, 2.24) is 15.1 Å². The molecule has 2 aromatic carbocycles. The molecule has 0 radical (unpaired) electrons. The van der Waals surface area contributed by atoms with Gasteiger partial charge in [0.05, 0.1) is 12.0 Å². The van der Waals surface area contributed by atoms with Gasteiger partial charge in [0.1, 0.15) is 0 Å². The van der Waals surface area contributed by atoms with E-state index >= 15 is 0 Å². The first-order chi connectivity index (χ1) is 16.0. The van der Waals surface area contributed by atoms with E-state index in [4.69, 9.17) is 0 Å². The number of nitrogens with zero attached hydrogens (tertiary/aromatic N) is 2. The number of carbonyl (C=O) groups is 3. The predicted molar refractivity (Wildman–Crippen MR) is 128 cm³/mol. The molecule has 1 N–H and O–H groups in total. The van der Waals surface area contributed by atoms with E-state index in [1.807, 2.05) is 78.6 Å². The van der Waals surface area contributed by atoms with Gasteiger partial charge in [-0.25, -0.2) is 0 Å². The maximum absolute atomic E-state index is 12.9. The number of nitrogens with one attached hydrogen (secondary N) is 1. The maximum Gasteiger partial charge on any atom is 0.246 e. The Balaban J connectivity index is 1.24. The van der Waals surface area contributed by atoms with Crippen molar-refractivity contribution in [2.75, 3.05) is 19.6 Å². The van der Waals surface area contributed by atoms with E-state index < -0.39 is 0 Å². The maximum atomic E-state index is 12.9. The first-order valence-corrected chi connectivity index (χ1v) is 11.7. The minimum absolute atomic E-state index is 0.00411. The molecule has 2 unspecified atom stereocenters. The van der Waals surface area contributed by atoms with Crippen molar-refractivity contribution in [3.8, 4) is 0 Å². The second-order valence-corrected chi connectivity index (χ2v) is 8.89. The average molecular weight is 446 g/mol. The summed E-state index contributed by atoms with van der Waals surface area (Å²) in [4.78, 5) is 41.5. The van der Waals surface area contributed by atoms with Gasteiger partial charge < -0.3 is 15.1 Å². The predicted octanol–water partition coefficient (Wildman–Crippen LogP) is 3.42. The summed E-state index contributed by atoms with van der Waals surface area (Å²) in [5.74, 6) is -0.357. The van der Waals surface area contributed by atoms with Crippen LogP contribution in [0.4, 0.5) is 0 Å². The van der Waals surface area contributed by atoms with Crippen LogP contribution in [-0.2, 0) is 14.4 Å². The van der Waals surface area contributed by atoms with Crippen molar-refractivity contribution in [2.24, 2.45) is 5.92 Å². The van der Waals surface area contributed by atoms with E-state index in [0.717, 1.165) is 24.0 Å². The molecule has 0 aliphatic carbocycles. The van der Waals surface area contributed by atoms with Crippen LogP contribution in [0.15, 0.2) is 66.7 Å². The number of hydrogen-bond donors (Lipinski definition) is 1. The van der Waals surface area contributed by atoms with Crippen molar-refractivity contribution in [3.63, 3.8) is 0 Å². The summed E-state index contributed by atoms with van der Waals surface area (Å²) in [6.07, 6.45) is 5.14. The summed E-state index contributed by atoms with van der Waals surface area (Å²) in [5, 5.41) is 3.12. The zero-order chi connectivity index (χ0) is 23.2. The molecule has 0 saturated carbocycles. The molecule has 6 nitrogen and oxygen atoms in total. The summed E-state index contributed by atoms with van der Waals surface area (Å²) in [7, 11) is 0. The van der Waals surface area contributed by atoms with Gasteiger partial charge in [-0.05, 0) is 37.0 Å². The van der Waals surface area contributed by atoms with E-state index in [-0.39, 0.29) is 42.1 Å². The Morgan fingerprint density at radius 3 is 2.30 bits per heavy atom. The molecular weight excluding hydrogens is 414 g/mol. The number of benzene rings is 2. The topological polar surface area (TPSA) is 69.7 Å². The highest BCUT2D eigenvalue weighted by atomic mass is 16.2. The molecule has 0 spiro atoms. The third-order valence-corrected chi connectivity index (χ3v) is 6.65. The molecule has 2 fully saturated rings. The zero-order valence-corrected chi connectivity index (χ0v) is 19.0. The molecular formula is C27H31N3O3. The molecule has 2 aliphatic rings.